The molecule has 1 N–H and O–H groups in total. The topological polar surface area (TPSA) is 109 Å². The zero-order chi connectivity index (χ0) is 35.3. The Morgan fingerprint density at radius 3 is 2.06 bits per heavy atom. The number of hydrogen-bond acceptors (Lipinski definition) is 9. The van der Waals surface area contributed by atoms with Gasteiger partial charge in [0.15, 0.2) is 0 Å². The van der Waals surface area contributed by atoms with Crippen LogP contribution in [-0.4, -0.2) is 87.3 Å². The van der Waals surface area contributed by atoms with E-state index in [1.165, 1.54) is 11.4 Å². The van der Waals surface area contributed by atoms with Crippen molar-refractivity contribution in [1.29, 1.82) is 0 Å². The van der Waals surface area contributed by atoms with Crippen LogP contribution in [-0.2, 0) is 32.7 Å². The molecule has 50 heavy (non-hydrogen) atoms. The minimum atomic E-state index is -3.73. The van der Waals surface area contributed by atoms with Crippen molar-refractivity contribution in [1.82, 2.24) is 9.21 Å². The molecule has 10 nitrogen and oxygen atoms in total. The molecule has 1 saturated heterocycles. The number of carbonyl (C=O) groups excluding carboxylic acids is 1. The first-order chi connectivity index (χ1) is 24.2. The van der Waals surface area contributed by atoms with Crippen LogP contribution in [0.15, 0.2) is 114 Å². The largest absolute Gasteiger partial charge is 0.491 e. The van der Waals surface area contributed by atoms with Crippen molar-refractivity contribution in [3.8, 4) is 11.5 Å². The molecule has 1 aliphatic heterocycles. The molecule has 0 radical (unpaired) electrons. The molecule has 1 aliphatic rings. The highest BCUT2D eigenvalue weighted by atomic mass is 32.2. The van der Waals surface area contributed by atoms with Crippen LogP contribution < -0.4 is 14.4 Å². The Labute approximate surface area is 295 Å². The van der Waals surface area contributed by atoms with Crippen LogP contribution in [0.1, 0.15) is 30.9 Å². The van der Waals surface area contributed by atoms with E-state index in [-0.39, 0.29) is 30.1 Å². The summed E-state index contributed by atoms with van der Waals surface area (Å²) in [6, 6.07) is 33.8. The van der Waals surface area contributed by atoms with E-state index in [1.807, 2.05) is 89.8 Å². The summed E-state index contributed by atoms with van der Waals surface area (Å²) >= 11 is 0. The Balaban J connectivity index is 1.17. The fraction of sp³-hybridized carbons (Fsp3) is 0.359. The highest BCUT2D eigenvalue weighted by Crippen LogP contribution is 2.28. The van der Waals surface area contributed by atoms with Crippen LogP contribution in [0.4, 0.5) is 5.69 Å². The maximum absolute atomic E-state index is 13.6. The van der Waals surface area contributed by atoms with E-state index in [1.54, 1.807) is 24.3 Å². The van der Waals surface area contributed by atoms with Gasteiger partial charge in [0.1, 0.15) is 37.4 Å². The van der Waals surface area contributed by atoms with E-state index in [0.29, 0.717) is 45.1 Å². The molecule has 1 fully saturated rings. The van der Waals surface area contributed by atoms with Crippen LogP contribution in [0.3, 0.4) is 0 Å². The van der Waals surface area contributed by atoms with Gasteiger partial charge in [0.05, 0.1) is 12.0 Å². The number of benzene rings is 4. The molecule has 1 atom stereocenters. The molecule has 5 rings (SSSR count). The average molecular weight is 702 g/mol. The summed E-state index contributed by atoms with van der Waals surface area (Å²) in [7, 11) is -2.37. The van der Waals surface area contributed by atoms with Gasteiger partial charge in [0.25, 0.3) is 0 Å². The first kappa shape index (κ1) is 36.9. The number of unbranched alkanes of at least 4 members (excludes halogenated alkanes) is 1. The fourth-order valence-corrected chi connectivity index (χ4v) is 7.25. The molecule has 0 spiro atoms. The number of aliphatic hydroxyl groups excluding tert-OH is 1. The number of methoxy groups -OCH3 is 1. The van der Waals surface area contributed by atoms with Gasteiger partial charge in [-0.2, -0.15) is 4.31 Å². The minimum Gasteiger partial charge on any atom is -0.491 e. The number of nitrogens with zero attached hydrogens (tertiary/aromatic N) is 3. The first-order valence-electron chi connectivity index (χ1n) is 17.0. The normalized spacial score (nSPS) is 14.2. The van der Waals surface area contributed by atoms with Gasteiger partial charge in [-0.15, -0.1) is 0 Å². The first-order valence-corrected chi connectivity index (χ1v) is 18.5. The van der Waals surface area contributed by atoms with Crippen molar-refractivity contribution in [3.63, 3.8) is 0 Å². The number of hydrogen-bond donors (Lipinski definition) is 1. The molecule has 266 valence electrons. The standard InChI is InChI=1S/C39H47N3O7S/c1-3-4-23-40(28-39(44)47-2)33-15-21-38(22-16-33)50(45,46)42-25-34(26-42)41(24-31-11-7-5-8-12-31)27-35(43)30-49-37-19-17-36(18-20-37)48-29-32-13-9-6-10-14-32/h5-22,34-35,43H,3-4,23-30H2,1-2H3. The number of ether oxygens (including phenoxy) is 3. The van der Waals surface area contributed by atoms with Gasteiger partial charge < -0.3 is 24.2 Å². The molecule has 0 bridgehead atoms. The lowest BCUT2D eigenvalue weighted by molar-refractivity contribution is -0.138. The Morgan fingerprint density at radius 2 is 1.46 bits per heavy atom. The van der Waals surface area contributed by atoms with Gasteiger partial charge in [-0.25, -0.2) is 8.42 Å². The lowest BCUT2D eigenvalue weighted by atomic mass is 10.1. The maximum atomic E-state index is 13.6. The molecule has 0 aliphatic carbocycles. The van der Waals surface area contributed by atoms with E-state index in [0.717, 1.165) is 35.4 Å². The third-order valence-corrected chi connectivity index (χ3v) is 10.5. The van der Waals surface area contributed by atoms with E-state index in [2.05, 4.69) is 11.8 Å². The van der Waals surface area contributed by atoms with Crippen LogP contribution in [0.5, 0.6) is 11.5 Å². The Bertz CT molecular complexity index is 1720. The Hall–Kier alpha value is -4.42. The zero-order valence-corrected chi connectivity index (χ0v) is 29.6. The Kier molecular flexibility index (Phi) is 13.3. The van der Waals surface area contributed by atoms with Crippen molar-refractivity contribution < 1.29 is 32.5 Å². The van der Waals surface area contributed by atoms with Gasteiger partial charge in [0.2, 0.25) is 10.0 Å². The molecule has 0 amide bonds. The molecule has 0 aromatic heterocycles. The van der Waals surface area contributed by atoms with Crippen LogP contribution in [0.2, 0.25) is 0 Å². The van der Waals surface area contributed by atoms with Crippen molar-refractivity contribution in [3.05, 3.63) is 120 Å². The van der Waals surface area contributed by atoms with Gasteiger partial charge in [0, 0.05) is 44.5 Å². The van der Waals surface area contributed by atoms with Gasteiger partial charge in [-0.1, -0.05) is 74.0 Å². The number of carbonyl (C=O) groups is 1. The summed E-state index contributed by atoms with van der Waals surface area (Å²) in [4.78, 5) is 16.2. The maximum Gasteiger partial charge on any atom is 0.325 e. The van der Waals surface area contributed by atoms with Crippen molar-refractivity contribution >= 4 is 21.7 Å². The summed E-state index contributed by atoms with van der Waals surface area (Å²) in [5, 5.41) is 11.0. The summed E-state index contributed by atoms with van der Waals surface area (Å²) in [5.41, 5.74) is 2.92. The molecule has 4 aromatic carbocycles. The second kappa shape index (κ2) is 18.0. The smallest absolute Gasteiger partial charge is 0.325 e. The molecule has 1 heterocycles. The molecule has 1 unspecified atom stereocenters. The summed E-state index contributed by atoms with van der Waals surface area (Å²) < 4.78 is 45.2. The third-order valence-electron chi connectivity index (χ3n) is 8.70. The summed E-state index contributed by atoms with van der Waals surface area (Å²) in [6.07, 6.45) is 1.06. The van der Waals surface area contributed by atoms with Crippen LogP contribution in [0.25, 0.3) is 0 Å². The van der Waals surface area contributed by atoms with Gasteiger partial charge in [-0.3, -0.25) is 9.69 Å². The predicted octanol–water partition coefficient (Wildman–Crippen LogP) is 5.36. The summed E-state index contributed by atoms with van der Waals surface area (Å²) in [6.45, 7) is 4.88. The molecule has 11 heteroatoms. The number of anilines is 1. The zero-order valence-electron chi connectivity index (χ0n) is 28.8. The monoisotopic (exact) mass is 701 g/mol. The molecular weight excluding hydrogens is 655 g/mol. The second-order valence-corrected chi connectivity index (χ2v) is 14.4. The number of aliphatic hydroxyl groups is 1. The highest BCUT2D eigenvalue weighted by molar-refractivity contribution is 7.89. The van der Waals surface area contributed by atoms with Gasteiger partial charge >= 0.3 is 5.97 Å². The average Bonchev–Trinajstić information content (AvgIpc) is 3.12. The van der Waals surface area contributed by atoms with Crippen LogP contribution in [0, 0.1) is 0 Å². The third kappa shape index (κ3) is 10.3. The SMILES string of the molecule is CCCCN(CC(=O)OC)c1ccc(S(=O)(=O)N2CC(N(Cc3ccccc3)CC(O)COc3ccc(OCc4ccccc4)cc3)C2)cc1. The predicted molar refractivity (Wildman–Crippen MR) is 194 cm³/mol. The minimum absolute atomic E-state index is 0.0791. The van der Waals surface area contributed by atoms with E-state index < -0.39 is 16.1 Å². The van der Waals surface area contributed by atoms with Crippen molar-refractivity contribution in [2.24, 2.45) is 0 Å². The van der Waals surface area contributed by atoms with Gasteiger partial charge in [-0.05, 0) is 66.1 Å². The highest BCUT2D eigenvalue weighted by Gasteiger charge is 2.40. The van der Waals surface area contributed by atoms with Crippen molar-refractivity contribution in [2.45, 2.75) is 50.0 Å². The van der Waals surface area contributed by atoms with E-state index in [9.17, 15) is 18.3 Å². The number of rotatable bonds is 19. The lowest BCUT2D eigenvalue weighted by Crippen LogP contribution is -2.61. The van der Waals surface area contributed by atoms with Crippen LogP contribution >= 0.6 is 0 Å². The lowest BCUT2D eigenvalue weighted by Gasteiger charge is -2.45. The van der Waals surface area contributed by atoms with E-state index >= 15 is 0 Å². The second-order valence-electron chi connectivity index (χ2n) is 12.4. The molecule has 4 aromatic rings. The quantitative estimate of drug-likeness (QED) is 0.129. The number of sulfonamides is 1. The van der Waals surface area contributed by atoms with Crippen molar-refractivity contribution in [2.75, 3.05) is 51.3 Å². The Morgan fingerprint density at radius 1 is 0.860 bits per heavy atom. The molecule has 0 saturated carbocycles. The number of esters is 1. The summed E-state index contributed by atoms with van der Waals surface area (Å²) in [5.74, 6) is 1.00. The fourth-order valence-electron chi connectivity index (χ4n) is 5.74. The van der Waals surface area contributed by atoms with E-state index in [4.69, 9.17) is 14.2 Å². The molecular formula is C39H47N3O7S.